The van der Waals surface area contributed by atoms with Crippen molar-refractivity contribution >= 4 is 15.9 Å². The van der Waals surface area contributed by atoms with Gasteiger partial charge in [-0.2, -0.15) is 0 Å². The van der Waals surface area contributed by atoms with Crippen molar-refractivity contribution in [3.63, 3.8) is 0 Å². The Labute approximate surface area is 129 Å². The topological polar surface area (TPSA) is 24.9 Å². The number of halogens is 1. The predicted octanol–water partition coefficient (Wildman–Crippen LogP) is 4.44. The molecule has 1 unspecified atom stereocenters. The summed E-state index contributed by atoms with van der Waals surface area (Å²) in [6.45, 7) is 5.24. The zero-order valence-electron chi connectivity index (χ0n) is 12.1. The van der Waals surface area contributed by atoms with Crippen LogP contribution in [-0.2, 0) is 6.42 Å². The molecule has 0 fully saturated rings. The van der Waals surface area contributed by atoms with Gasteiger partial charge in [0.25, 0.3) is 0 Å². The molecule has 2 rings (SSSR count). The normalized spacial score (nSPS) is 12.3. The summed E-state index contributed by atoms with van der Waals surface area (Å²) in [6, 6.07) is 15.0. The fourth-order valence-corrected chi connectivity index (χ4v) is 2.48. The van der Waals surface area contributed by atoms with Gasteiger partial charge < -0.3 is 5.32 Å². The molecule has 20 heavy (non-hydrogen) atoms. The summed E-state index contributed by atoms with van der Waals surface area (Å²) in [5.74, 6) is 0. The van der Waals surface area contributed by atoms with E-state index in [9.17, 15) is 0 Å². The number of aryl methyl sites for hydroxylation is 1. The van der Waals surface area contributed by atoms with E-state index in [-0.39, 0.29) is 6.04 Å². The van der Waals surface area contributed by atoms with Gasteiger partial charge >= 0.3 is 0 Å². The zero-order chi connectivity index (χ0) is 14.4. The number of benzene rings is 1. The molecule has 0 spiro atoms. The molecule has 0 aliphatic rings. The monoisotopic (exact) mass is 332 g/mol. The van der Waals surface area contributed by atoms with Crippen LogP contribution in [-0.4, -0.2) is 11.5 Å². The van der Waals surface area contributed by atoms with Crippen LogP contribution < -0.4 is 5.32 Å². The zero-order valence-corrected chi connectivity index (χ0v) is 13.7. The number of aromatic nitrogens is 1. The van der Waals surface area contributed by atoms with Crippen molar-refractivity contribution in [2.75, 3.05) is 6.54 Å². The number of hydrogen-bond donors (Lipinski definition) is 1. The van der Waals surface area contributed by atoms with Crippen molar-refractivity contribution in [2.45, 2.75) is 32.7 Å². The summed E-state index contributed by atoms with van der Waals surface area (Å²) in [7, 11) is 0. The van der Waals surface area contributed by atoms with E-state index in [1.807, 2.05) is 13.0 Å². The summed E-state index contributed by atoms with van der Waals surface area (Å²) >= 11 is 3.48. The molecule has 0 aliphatic carbocycles. The summed E-state index contributed by atoms with van der Waals surface area (Å²) in [5, 5.41) is 3.60. The van der Waals surface area contributed by atoms with Crippen LogP contribution in [0, 0.1) is 6.92 Å². The van der Waals surface area contributed by atoms with E-state index in [1.54, 1.807) is 0 Å². The van der Waals surface area contributed by atoms with E-state index in [1.165, 1.54) is 5.56 Å². The molecule has 0 saturated heterocycles. The van der Waals surface area contributed by atoms with Crippen molar-refractivity contribution in [1.29, 1.82) is 0 Å². The molecular weight excluding hydrogens is 312 g/mol. The van der Waals surface area contributed by atoms with Crippen molar-refractivity contribution in [3.05, 3.63) is 63.9 Å². The van der Waals surface area contributed by atoms with Gasteiger partial charge in [0, 0.05) is 10.2 Å². The molecule has 1 aromatic heterocycles. The lowest BCUT2D eigenvalue weighted by Crippen LogP contribution is -2.25. The van der Waals surface area contributed by atoms with E-state index < -0.39 is 0 Å². The Morgan fingerprint density at radius 2 is 1.90 bits per heavy atom. The van der Waals surface area contributed by atoms with Crippen molar-refractivity contribution in [2.24, 2.45) is 0 Å². The molecule has 1 atom stereocenters. The molecule has 0 radical (unpaired) electrons. The Hall–Kier alpha value is -1.19. The van der Waals surface area contributed by atoms with Crippen LogP contribution in [0.2, 0.25) is 0 Å². The first-order chi connectivity index (χ1) is 9.69. The molecule has 0 aliphatic heterocycles. The summed E-state index contributed by atoms with van der Waals surface area (Å²) in [4.78, 5) is 4.67. The molecule has 0 saturated carbocycles. The molecule has 2 aromatic rings. The van der Waals surface area contributed by atoms with Gasteiger partial charge in [0.05, 0.1) is 11.7 Å². The van der Waals surface area contributed by atoms with Crippen LogP contribution in [0.3, 0.4) is 0 Å². The Bertz CT molecular complexity index is 537. The number of nitrogens with zero attached hydrogens (tertiary/aromatic N) is 1. The van der Waals surface area contributed by atoms with Crippen LogP contribution >= 0.6 is 15.9 Å². The number of hydrogen-bond acceptors (Lipinski definition) is 2. The summed E-state index contributed by atoms with van der Waals surface area (Å²) in [5.41, 5.74) is 3.52. The maximum Gasteiger partial charge on any atom is 0.0579 e. The summed E-state index contributed by atoms with van der Waals surface area (Å²) in [6.07, 6.45) is 2.09. The van der Waals surface area contributed by atoms with Gasteiger partial charge in [-0.3, -0.25) is 4.98 Å². The Balaban J connectivity index is 2.16. The Morgan fingerprint density at radius 1 is 1.15 bits per heavy atom. The third kappa shape index (κ3) is 4.43. The van der Waals surface area contributed by atoms with Crippen LogP contribution in [0.1, 0.15) is 36.3 Å². The highest BCUT2D eigenvalue weighted by atomic mass is 79.9. The third-order valence-corrected chi connectivity index (χ3v) is 3.79. The highest BCUT2D eigenvalue weighted by Crippen LogP contribution is 2.19. The van der Waals surface area contributed by atoms with Crippen molar-refractivity contribution in [1.82, 2.24) is 10.3 Å². The molecular formula is C17H21BrN2. The van der Waals surface area contributed by atoms with Crippen LogP contribution in [0.15, 0.2) is 46.9 Å². The molecule has 1 heterocycles. The van der Waals surface area contributed by atoms with Gasteiger partial charge in [0.1, 0.15) is 0 Å². The molecule has 106 valence electrons. The molecule has 0 bridgehead atoms. The van der Waals surface area contributed by atoms with E-state index in [0.29, 0.717) is 0 Å². The third-order valence-electron chi connectivity index (χ3n) is 3.26. The second-order valence-corrected chi connectivity index (χ2v) is 5.96. The van der Waals surface area contributed by atoms with Crippen molar-refractivity contribution < 1.29 is 0 Å². The SMILES string of the molecule is CCCNC(Cc1ccc(Br)cc1)c1cccc(C)n1. The smallest absolute Gasteiger partial charge is 0.0579 e. The van der Waals surface area contributed by atoms with Gasteiger partial charge in [0.15, 0.2) is 0 Å². The minimum atomic E-state index is 0.274. The second kappa shape index (κ2) is 7.55. The highest BCUT2D eigenvalue weighted by Gasteiger charge is 2.13. The maximum atomic E-state index is 4.67. The lowest BCUT2D eigenvalue weighted by molar-refractivity contribution is 0.517. The fourth-order valence-electron chi connectivity index (χ4n) is 2.21. The van der Waals surface area contributed by atoms with E-state index in [4.69, 9.17) is 0 Å². The quantitative estimate of drug-likeness (QED) is 0.846. The second-order valence-electron chi connectivity index (χ2n) is 5.04. The first-order valence-electron chi connectivity index (χ1n) is 7.10. The molecule has 1 aromatic carbocycles. The average Bonchev–Trinajstić information content (AvgIpc) is 2.45. The van der Waals surface area contributed by atoms with Gasteiger partial charge in [-0.25, -0.2) is 0 Å². The minimum Gasteiger partial charge on any atom is -0.308 e. The Kier molecular flexibility index (Phi) is 5.74. The van der Waals surface area contributed by atoms with Gasteiger partial charge in [-0.1, -0.05) is 41.1 Å². The molecule has 2 nitrogen and oxygen atoms in total. The highest BCUT2D eigenvalue weighted by molar-refractivity contribution is 9.10. The Morgan fingerprint density at radius 3 is 2.55 bits per heavy atom. The lowest BCUT2D eigenvalue weighted by atomic mass is 10.0. The fraction of sp³-hybridized carbons (Fsp3) is 0.353. The van der Waals surface area contributed by atoms with Crippen molar-refractivity contribution in [3.8, 4) is 0 Å². The number of rotatable bonds is 6. The van der Waals surface area contributed by atoms with E-state index in [2.05, 4.69) is 69.6 Å². The van der Waals surface area contributed by atoms with Crippen LogP contribution in [0.5, 0.6) is 0 Å². The lowest BCUT2D eigenvalue weighted by Gasteiger charge is -2.18. The van der Waals surface area contributed by atoms with Crippen LogP contribution in [0.25, 0.3) is 0 Å². The number of nitrogens with one attached hydrogen (secondary N) is 1. The minimum absolute atomic E-state index is 0.274. The first kappa shape index (κ1) is 15.2. The molecule has 3 heteroatoms. The van der Waals surface area contributed by atoms with Crippen LogP contribution in [0.4, 0.5) is 0 Å². The van der Waals surface area contributed by atoms with E-state index in [0.717, 1.165) is 35.2 Å². The van der Waals surface area contributed by atoms with Gasteiger partial charge in [-0.05, 0) is 56.1 Å². The standard InChI is InChI=1S/C17H21BrN2/c1-3-11-19-17(16-6-4-5-13(2)20-16)12-14-7-9-15(18)10-8-14/h4-10,17,19H,3,11-12H2,1-2H3. The average molecular weight is 333 g/mol. The largest absolute Gasteiger partial charge is 0.308 e. The maximum absolute atomic E-state index is 4.67. The predicted molar refractivity (Wildman–Crippen MR) is 87.9 cm³/mol. The summed E-state index contributed by atoms with van der Waals surface area (Å²) < 4.78 is 1.12. The molecule has 0 amide bonds. The first-order valence-corrected chi connectivity index (χ1v) is 7.89. The van der Waals surface area contributed by atoms with Gasteiger partial charge in [-0.15, -0.1) is 0 Å². The van der Waals surface area contributed by atoms with E-state index >= 15 is 0 Å². The molecule has 1 N–H and O–H groups in total. The number of pyridine rings is 1. The van der Waals surface area contributed by atoms with Gasteiger partial charge in [0.2, 0.25) is 0 Å².